The molecule has 26 heavy (non-hydrogen) atoms. The number of nitrogens with two attached hydrogens (primary N) is 1. The number of nitrogens with zero attached hydrogens (tertiary/aromatic N) is 2. The van der Waals surface area contributed by atoms with Gasteiger partial charge in [0, 0.05) is 6.54 Å². The Hall–Kier alpha value is -2.32. The Morgan fingerprint density at radius 2 is 2.04 bits per heavy atom. The minimum atomic E-state index is -3.89. The largest absolute Gasteiger partial charge is 0.505 e. The summed E-state index contributed by atoms with van der Waals surface area (Å²) >= 11 is 1.23. The van der Waals surface area contributed by atoms with Crippen LogP contribution in [0.15, 0.2) is 41.3 Å². The third kappa shape index (κ3) is 3.34. The van der Waals surface area contributed by atoms with E-state index in [4.69, 9.17) is 5.73 Å². The van der Waals surface area contributed by atoms with E-state index >= 15 is 0 Å². The maximum Gasteiger partial charge on any atom is 0.264 e. The summed E-state index contributed by atoms with van der Waals surface area (Å²) in [5.41, 5.74) is 6.96. The topological polar surface area (TPSA) is 96.5 Å². The number of phenolic OH excluding ortho intramolecular Hbond substituents is 1. The second kappa shape index (κ2) is 6.77. The second-order valence-corrected chi connectivity index (χ2v) is 9.32. The summed E-state index contributed by atoms with van der Waals surface area (Å²) in [6, 6.07) is 9.60. The van der Waals surface area contributed by atoms with Crippen molar-refractivity contribution in [2.45, 2.75) is 18.7 Å². The first-order chi connectivity index (χ1) is 12.2. The van der Waals surface area contributed by atoms with Crippen molar-refractivity contribution in [2.24, 2.45) is 5.92 Å². The van der Waals surface area contributed by atoms with E-state index in [-0.39, 0.29) is 28.8 Å². The van der Waals surface area contributed by atoms with Gasteiger partial charge in [-0.05, 0) is 42.7 Å². The molecule has 0 aliphatic heterocycles. The van der Waals surface area contributed by atoms with E-state index in [1.807, 2.05) is 13.8 Å². The first-order valence-electron chi connectivity index (χ1n) is 8.03. The number of hydrogen-bond donors (Lipinski definition) is 2. The van der Waals surface area contributed by atoms with Crippen molar-refractivity contribution >= 4 is 42.4 Å². The zero-order chi connectivity index (χ0) is 19.1. The first-order valence-corrected chi connectivity index (χ1v) is 10.3. The molecule has 3 N–H and O–H groups in total. The monoisotopic (exact) mass is 390 g/mol. The number of sulfonamides is 1. The minimum absolute atomic E-state index is 0.0560. The number of phenols is 1. The van der Waals surface area contributed by atoms with Gasteiger partial charge in [0.05, 0.1) is 20.8 Å². The fraction of sp³-hybridized carbons (Fsp3) is 0.222. The smallest absolute Gasteiger partial charge is 0.264 e. The van der Waals surface area contributed by atoms with Crippen LogP contribution >= 0.6 is 11.3 Å². The molecule has 0 unspecified atom stereocenters. The molecule has 0 fully saturated rings. The molecule has 0 amide bonds. The average molecular weight is 391 g/mol. The number of thiazole rings is 1. The van der Waals surface area contributed by atoms with Crippen molar-refractivity contribution in [3.8, 4) is 5.75 Å². The van der Waals surface area contributed by atoms with Gasteiger partial charge >= 0.3 is 0 Å². The van der Waals surface area contributed by atoms with Gasteiger partial charge in [0.2, 0.25) is 0 Å². The average Bonchev–Trinajstić information content (AvgIpc) is 2.94. The van der Waals surface area contributed by atoms with Crippen LogP contribution in [0.1, 0.15) is 19.4 Å². The zero-order valence-corrected chi connectivity index (χ0v) is 16.1. The second-order valence-electron chi connectivity index (χ2n) is 6.40. The van der Waals surface area contributed by atoms with E-state index in [0.29, 0.717) is 20.9 Å². The lowest BCUT2D eigenvalue weighted by Crippen LogP contribution is -2.34. The number of hydrogen-bond acceptors (Lipinski definition) is 6. The number of aromatic nitrogens is 1. The number of para-hydroxylation sites is 1. The summed E-state index contributed by atoms with van der Waals surface area (Å²) in [5.74, 6) is -0.0831. The molecule has 0 aliphatic carbocycles. The molecule has 2 aromatic carbocycles. The number of aromatic hydroxyl groups is 1. The molecule has 8 heteroatoms. The van der Waals surface area contributed by atoms with Crippen molar-refractivity contribution in [1.82, 2.24) is 4.98 Å². The first kappa shape index (κ1) is 18.5. The van der Waals surface area contributed by atoms with Crippen molar-refractivity contribution in [2.75, 3.05) is 16.6 Å². The van der Waals surface area contributed by atoms with Crippen LogP contribution in [0.2, 0.25) is 0 Å². The fourth-order valence-electron chi connectivity index (χ4n) is 2.65. The van der Waals surface area contributed by atoms with Gasteiger partial charge in [-0.15, -0.1) is 0 Å². The van der Waals surface area contributed by atoms with Crippen LogP contribution in [0.25, 0.3) is 10.2 Å². The van der Waals surface area contributed by atoms with Gasteiger partial charge in [0.15, 0.2) is 5.13 Å². The molecule has 0 atom stereocenters. The van der Waals surface area contributed by atoms with Crippen LogP contribution in [0.5, 0.6) is 5.75 Å². The Kier molecular flexibility index (Phi) is 4.81. The third-order valence-corrected chi connectivity index (χ3v) is 6.49. The maximum atomic E-state index is 13.3. The number of rotatable bonds is 5. The molecule has 0 aliphatic rings. The highest BCUT2D eigenvalue weighted by Crippen LogP contribution is 2.35. The molecular weight excluding hydrogens is 370 g/mol. The SMILES string of the molecule is [CH2]c1cccc(N(CC(C)C)S(=O)(=O)c2ccc3nc(N)sc3c2)c1O. The van der Waals surface area contributed by atoms with Gasteiger partial charge in [-0.1, -0.05) is 37.3 Å². The normalized spacial score (nSPS) is 12.0. The molecule has 0 saturated heterocycles. The molecule has 0 spiro atoms. The van der Waals surface area contributed by atoms with E-state index < -0.39 is 10.0 Å². The van der Waals surface area contributed by atoms with Crippen molar-refractivity contribution in [3.63, 3.8) is 0 Å². The Bertz CT molecular complexity index is 1060. The lowest BCUT2D eigenvalue weighted by Gasteiger charge is -2.27. The van der Waals surface area contributed by atoms with Gasteiger partial charge in [-0.25, -0.2) is 13.4 Å². The highest BCUT2D eigenvalue weighted by Gasteiger charge is 2.28. The van der Waals surface area contributed by atoms with Crippen LogP contribution in [-0.4, -0.2) is 25.1 Å². The summed E-state index contributed by atoms with van der Waals surface area (Å²) in [4.78, 5) is 4.28. The fourth-order valence-corrected chi connectivity index (χ4v) is 5.16. The summed E-state index contributed by atoms with van der Waals surface area (Å²) in [5, 5.41) is 10.8. The zero-order valence-electron chi connectivity index (χ0n) is 14.5. The summed E-state index contributed by atoms with van der Waals surface area (Å²) < 4.78 is 28.6. The quantitative estimate of drug-likeness (QED) is 0.694. The summed E-state index contributed by atoms with van der Waals surface area (Å²) in [6.45, 7) is 7.81. The Balaban J connectivity index is 2.15. The van der Waals surface area contributed by atoms with Crippen molar-refractivity contribution < 1.29 is 13.5 Å². The van der Waals surface area contributed by atoms with E-state index in [1.165, 1.54) is 21.7 Å². The molecule has 3 rings (SSSR count). The molecule has 3 aromatic rings. The maximum absolute atomic E-state index is 13.3. The minimum Gasteiger partial charge on any atom is -0.505 e. The molecule has 0 saturated carbocycles. The molecular formula is C18H20N3O3S2. The molecule has 137 valence electrons. The van der Waals surface area contributed by atoms with Crippen molar-refractivity contribution in [1.29, 1.82) is 0 Å². The predicted molar refractivity (Wildman–Crippen MR) is 106 cm³/mol. The standard InChI is InChI=1S/C18H20N3O3S2/c1-11(2)10-21(15-6-4-5-12(3)17(15)22)26(23,24)13-7-8-14-16(9-13)25-18(19)20-14/h4-9,11,22H,3,10H2,1-2H3,(H2,19,20). The summed E-state index contributed by atoms with van der Waals surface area (Å²) in [6.07, 6.45) is 0. The van der Waals surface area contributed by atoms with Crippen LogP contribution in [0.3, 0.4) is 0 Å². The number of nitrogen functional groups attached to an aromatic ring is 1. The highest BCUT2D eigenvalue weighted by molar-refractivity contribution is 7.92. The molecule has 6 nitrogen and oxygen atoms in total. The highest BCUT2D eigenvalue weighted by atomic mass is 32.2. The van der Waals surface area contributed by atoms with Gasteiger partial charge in [0.25, 0.3) is 10.0 Å². The molecule has 1 heterocycles. The van der Waals surface area contributed by atoms with Crippen LogP contribution in [0.4, 0.5) is 10.8 Å². The number of fused-ring (bicyclic) bond motifs is 1. The lowest BCUT2D eigenvalue weighted by atomic mass is 10.1. The van der Waals surface area contributed by atoms with E-state index in [2.05, 4.69) is 11.9 Å². The van der Waals surface area contributed by atoms with Crippen molar-refractivity contribution in [3.05, 3.63) is 48.9 Å². The Labute approximate surface area is 157 Å². The molecule has 1 aromatic heterocycles. The number of benzene rings is 2. The molecule has 1 radical (unpaired) electrons. The van der Waals surface area contributed by atoms with E-state index in [0.717, 1.165) is 0 Å². The van der Waals surface area contributed by atoms with Gasteiger partial charge in [-0.2, -0.15) is 0 Å². The Morgan fingerprint density at radius 3 is 2.73 bits per heavy atom. The third-order valence-electron chi connectivity index (χ3n) is 3.86. The van der Waals surface area contributed by atoms with Gasteiger partial charge in [-0.3, -0.25) is 4.31 Å². The van der Waals surface area contributed by atoms with Crippen LogP contribution in [0, 0.1) is 12.8 Å². The number of anilines is 2. The van der Waals surface area contributed by atoms with Crippen LogP contribution in [-0.2, 0) is 10.0 Å². The van der Waals surface area contributed by atoms with Crippen LogP contribution < -0.4 is 10.0 Å². The van der Waals surface area contributed by atoms with Gasteiger partial charge < -0.3 is 10.8 Å². The predicted octanol–water partition coefficient (Wildman–Crippen LogP) is 3.62. The van der Waals surface area contributed by atoms with E-state index in [9.17, 15) is 13.5 Å². The molecule has 0 bridgehead atoms. The van der Waals surface area contributed by atoms with E-state index in [1.54, 1.807) is 30.3 Å². The summed E-state index contributed by atoms with van der Waals surface area (Å²) in [7, 11) is -3.89. The van der Waals surface area contributed by atoms with Gasteiger partial charge in [0.1, 0.15) is 5.75 Å². The Morgan fingerprint density at radius 1 is 1.31 bits per heavy atom. The lowest BCUT2D eigenvalue weighted by molar-refractivity contribution is 0.472.